The van der Waals surface area contributed by atoms with Crippen LogP contribution in [-0.2, 0) is 4.79 Å². The van der Waals surface area contributed by atoms with E-state index in [1.807, 2.05) is 0 Å². The number of nitrogens with one attached hydrogen (secondary N) is 2. The van der Waals surface area contributed by atoms with Gasteiger partial charge in [0, 0.05) is 11.3 Å². The summed E-state index contributed by atoms with van der Waals surface area (Å²) in [5.74, 6) is 1.10. The Labute approximate surface area is 156 Å². The van der Waals surface area contributed by atoms with Gasteiger partial charge in [0.25, 0.3) is 11.8 Å². The molecule has 0 unspecified atom stereocenters. The maximum absolute atomic E-state index is 12.7. The average Bonchev–Trinajstić information content (AvgIpc) is 2.67. The van der Waals surface area contributed by atoms with Gasteiger partial charge in [-0.2, -0.15) is 0 Å². The maximum Gasteiger partial charge on any atom is 0.265 e. The molecular weight excluding hydrogens is 352 g/mol. The molecule has 1 aliphatic heterocycles. The number of rotatable bonds is 5. The van der Waals surface area contributed by atoms with Crippen LogP contribution in [0.4, 0.5) is 11.4 Å². The second kappa shape index (κ2) is 7.45. The molecule has 1 atom stereocenters. The van der Waals surface area contributed by atoms with E-state index in [0.717, 1.165) is 0 Å². The van der Waals surface area contributed by atoms with Crippen LogP contribution in [0.2, 0.25) is 0 Å². The Morgan fingerprint density at radius 1 is 1.07 bits per heavy atom. The Hall–Kier alpha value is -3.42. The fourth-order valence-electron chi connectivity index (χ4n) is 2.70. The molecule has 0 fully saturated rings. The number of fused-ring (bicyclic) bond motifs is 1. The first kappa shape index (κ1) is 18.4. The molecule has 0 radical (unpaired) electrons. The molecule has 0 saturated carbocycles. The first-order valence-electron chi connectivity index (χ1n) is 8.19. The zero-order chi connectivity index (χ0) is 19.6. The number of hydrogen-bond acceptors (Lipinski definition) is 6. The van der Waals surface area contributed by atoms with E-state index in [-0.39, 0.29) is 11.8 Å². The molecule has 142 valence electrons. The van der Waals surface area contributed by atoms with Crippen LogP contribution in [0.1, 0.15) is 17.3 Å². The fraction of sp³-hybridized carbons (Fsp3) is 0.263. The van der Waals surface area contributed by atoms with Gasteiger partial charge in [0.1, 0.15) is 5.75 Å². The average molecular weight is 372 g/mol. The normalized spacial score (nSPS) is 15.1. The molecule has 2 aromatic rings. The lowest BCUT2D eigenvalue weighted by atomic mass is 10.1. The van der Waals surface area contributed by atoms with E-state index in [4.69, 9.17) is 18.9 Å². The minimum Gasteiger partial charge on any atom is -0.493 e. The quantitative estimate of drug-likeness (QED) is 0.838. The Balaban J connectivity index is 1.86. The molecular formula is C19H20N2O6. The van der Waals surface area contributed by atoms with E-state index in [9.17, 15) is 9.59 Å². The molecule has 27 heavy (non-hydrogen) atoms. The van der Waals surface area contributed by atoms with Gasteiger partial charge < -0.3 is 29.6 Å². The number of hydrogen-bond donors (Lipinski definition) is 2. The summed E-state index contributed by atoms with van der Waals surface area (Å²) in [4.78, 5) is 24.4. The van der Waals surface area contributed by atoms with Crippen LogP contribution < -0.4 is 29.6 Å². The minimum atomic E-state index is -0.558. The summed E-state index contributed by atoms with van der Waals surface area (Å²) in [5.41, 5.74) is 1.34. The molecule has 8 heteroatoms. The lowest BCUT2D eigenvalue weighted by molar-refractivity contribution is -0.122. The molecule has 0 saturated heterocycles. The van der Waals surface area contributed by atoms with E-state index in [0.29, 0.717) is 39.9 Å². The third kappa shape index (κ3) is 3.59. The third-order valence-electron chi connectivity index (χ3n) is 4.10. The lowest BCUT2D eigenvalue weighted by Gasteiger charge is -2.23. The van der Waals surface area contributed by atoms with Crippen LogP contribution in [0.25, 0.3) is 0 Å². The van der Waals surface area contributed by atoms with Crippen LogP contribution in [0.15, 0.2) is 30.3 Å². The fourth-order valence-corrected chi connectivity index (χ4v) is 2.70. The zero-order valence-corrected chi connectivity index (χ0v) is 15.4. The van der Waals surface area contributed by atoms with Gasteiger partial charge >= 0.3 is 0 Å². The number of ether oxygens (including phenoxy) is 4. The molecule has 0 aliphatic carbocycles. The largest absolute Gasteiger partial charge is 0.493 e. The standard InChI is InChI=1S/C19H20N2O6/c1-10-18(22)21-13-9-12(5-6-14(13)27-10)20-19(23)11-7-15(24-2)17(26-4)16(8-11)25-3/h5-10H,1-4H3,(H,20,23)(H,21,22)/t10-/m0/s1. The molecule has 0 aromatic heterocycles. The zero-order valence-electron chi connectivity index (χ0n) is 15.4. The number of anilines is 2. The molecule has 3 rings (SSSR count). The molecule has 1 aliphatic rings. The Bertz CT molecular complexity index is 871. The van der Waals surface area contributed by atoms with Crippen LogP contribution >= 0.6 is 0 Å². The molecule has 0 bridgehead atoms. The summed E-state index contributed by atoms with van der Waals surface area (Å²) >= 11 is 0. The van der Waals surface area contributed by atoms with Crippen molar-refractivity contribution in [3.05, 3.63) is 35.9 Å². The highest BCUT2D eigenvalue weighted by Gasteiger charge is 2.24. The molecule has 2 aromatic carbocycles. The number of methoxy groups -OCH3 is 3. The van der Waals surface area contributed by atoms with Gasteiger partial charge in [-0.1, -0.05) is 0 Å². The Kier molecular flexibility index (Phi) is 5.07. The molecule has 1 heterocycles. The van der Waals surface area contributed by atoms with Gasteiger partial charge in [0.15, 0.2) is 17.6 Å². The number of carbonyl (C=O) groups is 2. The monoisotopic (exact) mass is 372 g/mol. The number of benzene rings is 2. The summed E-state index contributed by atoms with van der Waals surface area (Å²) in [7, 11) is 4.45. The summed E-state index contributed by atoms with van der Waals surface area (Å²) in [6.07, 6.45) is -0.558. The highest BCUT2D eigenvalue weighted by Crippen LogP contribution is 2.38. The Morgan fingerprint density at radius 3 is 2.33 bits per heavy atom. The van der Waals surface area contributed by atoms with Crippen molar-refractivity contribution in [2.24, 2.45) is 0 Å². The van der Waals surface area contributed by atoms with Crippen molar-refractivity contribution >= 4 is 23.2 Å². The van der Waals surface area contributed by atoms with Crippen molar-refractivity contribution in [2.75, 3.05) is 32.0 Å². The number of carbonyl (C=O) groups excluding carboxylic acids is 2. The molecule has 0 spiro atoms. The van der Waals surface area contributed by atoms with E-state index < -0.39 is 6.10 Å². The van der Waals surface area contributed by atoms with Crippen molar-refractivity contribution in [3.63, 3.8) is 0 Å². The van der Waals surface area contributed by atoms with Crippen molar-refractivity contribution in [1.29, 1.82) is 0 Å². The van der Waals surface area contributed by atoms with Gasteiger partial charge in [-0.3, -0.25) is 9.59 Å². The van der Waals surface area contributed by atoms with E-state index in [1.54, 1.807) is 37.3 Å². The molecule has 2 amide bonds. The second-order valence-electron chi connectivity index (χ2n) is 5.83. The van der Waals surface area contributed by atoms with Crippen molar-refractivity contribution in [3.8, 4) is 23.0 Å². The van der Waals surface area contributed by atoms with Gasteiger partial charge in [0.2, 0.25) is 5.75 Å². The van der Waals surface area contributed by atoms with Crippen LogP contribution in [-0.4, -0.2) is 39.2 Å². The van der Waals surface area contributed by atoms with Crippen LogP contribution in [0, 0.1) is 0 Å². The first-order chi connectivity index (χ1) is 13.0. The van der Waals surface area contributed by atoms with Crippen molar-refractivity contribution in [1.82, 2.24) is 0 Å². The predicted octanol–water partition coefficient (Wildman–Crippen LogP) is 2.68. The molecule has 8 nitrogen and oxygen atoms in total. The van der Waals surface area contributed by atoms with Gasteiger partial charge in [-0.05, 0) is 37.3 Å². The highest BCUT2D eigenvalue weighted by atomic mass is 16.5. The van der Waals surface area contributed by atoms with Gasteiger partial charge in [-0.15, -0.1) is 0 Å². The van der Waals surface area contributed by atoms with Crippen LogP contribution in [0.5, 0.6) is 23.0 Å². The van der Waals surface area contributed by atoms with Gasteiger partial charge in [0.05, 0.1) is 27.0 Å². The highest BCUT2D eigenvalue weighted by molar-refractivity contribution is 6.06. The lowest BCUT2D eigenvalue weighted by Crippen LogP contribution is -2.34. The molecule has 2 N–H and O–H groups in total. The SMILES string of the molecule is COc1cc(C(=O)Nc2ccc3c(c2)NC(=O)[C@H](C)O3)cc(OC)c1OC. The van der Waals surface area contributed by atoms with E-state index in [1.165, 1.54) is 21.3 Å². The van der Waals surface area contributed by atoms with Crippen molar-refractivity contribution in [2.45, 2.75) is 13.0 Å². The second-order valence-corrected chi connectivity index (χ2v) is 5.83. The minimum absolute atomic E-state index is 0.240. The summed E-state index contributed by atoms with van der Waals surface area (Å²) in [5, 5.41) is 5.52. The third-order valence-corrected chi connectivity index (χ3v) is 4.10. The first-order valence-corrected chi connectivity index (χ1v) is 8.19. The Morgan fingerprint density at radius 2 is 1.74 bits per heavy atom. The van der Waals surface area contributed by atoms with E-state index in [2.05, 4.69) is 10.6 Å². The number of amides is 2. The van der Waals surface area contributed by atoms with E-state index >= 15 is 0 Å². The van der Waals surface area contributed by atoms with Gasteiger partial charge in [-0.25, -0.2) is 0 Å². The maximum atomic E-state index is 12.7. The summed E-state index contributed by atoms with van der Waals surface area (Å²) in [6.45, 7) is 1.67. The summed E-state index contributed by atoms with van der Waals surface area (Å²) < 4.78 is 21.3. The summed E-state index contributed by atoms with van der Waals surface area (Å²) in [6, 6.07) is 8.13. The van der Waals surface area contributed by atoms with Crippen LogP contribution in [0.3, 0.4) is 0 Å². The van der Waals surface area contributed by atoms with Crippen molar-refractivity contribution < 1.29 is 28.5 Å². The predicted molar refractivity (Wildman–Crippen MR) is 99.2 cm³/mol. The topological polar surface area (TPSA) is 95.1 Å². The smallest absolute Gasteiger partial charge is 0.265 e.